The third-order valence-electron chi connectivity index (χ3n) is 4.23. The van der Waals surface area contributed by atoms with E-state index in [0.29, 0.717) is 6.42 Å². The van der Waals surface area contributed by atoms with Gasteiger partial charge in [0.05, 0.1) is 19.1 Å². The fourth-order valence-corrected chi connectivity index (χ4v) is 2.89. The van der Waals surface area contributed by atoms with Gasteiger partial charge in [-0.2, -0.15) is 5.26 Å². The molecule has 1 saturated carbocycles. The van der Waals surface area contributed by atoms with Crippen molar-refractivity contribution >= 4 is 5.91 Å². The van der Waals surface area contributed by atoms with Crippen molar-refractivity contribution in [3.05, 3.63) is 29.8 Å². The summed E-state index contributed by atoms with van der Waals surface area (Å²) in [4.78, 5) is 12.3. The number of nitriles is 1. The van der Waals surface area contributed by atoms with Crippen LogP contribution >= 0.6 is 0 Å². The molecule has 118 valence electrons. The van der Waals surface area contributed by atoms with Gasteiger partial charge in [0.2, 0.25) is 5.91 Å². The second-order valence-corrected chi connectivity index (χ2v) is 5.80. The molecule has 1 amide bonds. The predicted molar refractivity (Wildman–Crippen MR) is 84.2 cm³/mol. The van der Waals surface area contributed by atoms with Crippen molar-refractivity contribution in [3.63, 3.8) is 0 Å². The van der Waals surface area contributed by atoms with E-state index in [0.717, 1.165) is 37.0 Å². The predicted octanol–water partition coefficient (Wildman–Crippen LogP) is 1.76. The number of methoxy groups -OCH3 is 1. The van der Waals surface area contributed by atoms with Crippen molar-refractivity contribution in [2.75, 3.05) is 7.11 Å². The highest BCUT2D eigenvalue weighted by molar-refractivity contribution is 5.80. The monoisotopic (exact) mass is 301 g/mol. The molecular formula is C17H23N3O2. The number of hydrogen-bond acceptors (Lipinski definition) is 4. The summed E-state index contributed by atoms with van der Waals surface area (Å²) in [6.07, 6.45) is 4.29. The molecule has 1 aliphatic carbocycles. The van der Waals surface area contributed by atoms with Crippen LogP contribution in [0.2, 0.25) is 0 Å². The molecule has 0 radical (unpaired) electrons. The second kappa shape index (κ2) is 7.81. The smallest absolute Gasteiger partial charge is 0.225 e. The number of ether oxygens (including phenoxy) is 1. The summed E-state index contributed by atoms with van der Waals surface area (Å²) in [5, 5.41) is 12.1. The number of amides is 1. The average molecular weight is 301 g/mol. The molecular weight excluding hydrogens is 278 g/mol. The van der Waals surface area contributed by atoms with Gasteiger partial charge >= 0.3 is 0 Å². The Bertz CT molecular complexity index is 536. The zero-order valence-electron chi connectivity index (χ0n) is 12.9. The van der Waals surface area contributed by atoms with Crippen LogP contribution in [-0.2, 0) is 11.2 Å². The summed E-state index contributed by atoms with van der Waals surface area (Å²) in [5.74, 6) is 0.516. The van der Waals surface area contributed by atoms with Crippen LogP contribution < -0.4 is 15.8 Å². The van der Waals surface area contributed by atoms with E-state index < -0.39 is 6.04 Å². The highest BCUT2D eigenvalue weighted by Crippen LogP contribution is 2.23. The summed E-state index contributed by atoms with van der Waals surface area (Å²) in [5.41, 5.74) is 7.01. The minimum absolute atomic E-state index is 0.0888. The van der Waals surface area contributed by atoms with Crippen LogP contribution in [0.3, 0.4) is 0 Å². The zero-order chi connectivity index (χ0) is 15.9. The molecule has 0 bridgehead atoms. The molecule has 22 heavy (non-hydrogen) atoms. The molecule has 1 aromatic carbocycles. The van der Waals surface area contributed by atoms with Crippen molar-refractivity contribution in [3.8, 4) is 11.8 Å². The Morgan fingerprint density at radius 3 is 2.68 bits per heavy atom. The van der Waals surface area contributed by atoms with Crippen LogP contribution in [0.4, 0.5) is 0 Å². The average Bonchev–Trinajstić information content (AvgIpc) is 2.55. The van der Waals surface area contributed by atoms with Crippen molar-refractivity contribution in [2.45, 2.75) is 44.2 Å². The first kappa shape index (κ1) is 16.3. The van der Waals surface area contributed by atoms with Crippen LogP contribution in [0.25, 0.3) is 0 Å². The molecule has 0 unspecified atom stereocenters. The first-order valence-corrected chi connectivity index (χ1v) is 7.72. The van der Waals surface area contributed by atoms with Crippen molar-refractivity contribution in [2.24, 2.45) is 11.7 Å². The minimum Gasteiger partial charge on any atom is -0.497 e. The maximum Gasteiger partial charge on any atom is 0.225 e. The Hall–Kier alpha value is -2.06. The summed E-state index contributed by atoms with van der Waals surface area (Å²) in [6.45, 7) is 0. The lowest BCUT2D eigenvalue weighted by molar-refractivity contribution is -0.126. The molecule has 3 N–H and O–H groups in total. The lowest BCUT2D eigenvalue weighted by Crippen LogP contribution is -2.47. The first-order valence-electron chi connectivity index (χ1n) is 7.72. The maximum absolute atomic E-state index is 12.3. The topological polar surface area (TPSA) is 88.1 Å². The Kier molecular flexibility index (Phi) is 5.79. The van der Waals surface area contributed by atoms with Gasteiger partial charge in [0, 0.05) is 12.5 Å². The van der Waals surface area contributed by atoms with E-state index in [1.165, 1.54) is 0 Å². The quantitative estimate of drug-likeness (QED) is 0.867. The molecule has 0 heterocycles. The third kappa shape index (κ3) is 4.22. The zero-order valence-corrected chi connectivity index (χ0v) is 12.9. The standard InChI is InChI=1S/C17H23N3O2/c1-22-14-8-6-12(7-9-14)10-13(11-18)20-17(21)15-4-2-3-5-16(15)19/h6-9,13,15-16H,2-5,10,19H2,1H3,(H,20,21)/t13-,15+,16-/m0/s1. The van der Waals surface area contributed by atoms with Gasteiger partial charge in [-0.1, -0.05) is 25.0 Å². The van der Waals surface area contributed by atoms with Gasteiger partial charge in [-0.25, -0.2) is 0 Å². The van der Waals surface area contributed by atoms with Crippen LogP contribution in [0, 0.1) is 17.2 Å². The lowest BCUT2D eigenvalue weighted by atomic mass is 9.84. The van der Waals surface area contributed by atoms with Gasteiger partial charge in [0.15, 0.2) is 0 Å². The molecule has 0 saturated heterocycles. The normalized spacial score (nSPS) is 22.4. The van der Waals surface area contributed by atoms with E-state index in [1.54, 1.807) is 7.11 Å². The number of carbonyl (C=O) groups excluding carboxylic acids is 1. The van der Waals surface area contributed by atoms with Gasteiger partial charge in [-0.3, -0.25) is 4.79 Å². The Morgan fingerprint density at radius 2 is 2.09 bits per heavy atom. The molecule has 5 nitrogen and oxygen atoms in total. The fourth-order valence-electron chi connectivity index (χ4n) is 2.89. The maximum atomic E-state index is 12.3. The number of rotatable bonds is 5. The van der Waals surface area contributed by atoms with E-state index in [4.69, 9.17) is 10.5 Å². The van der Waals surface area contributed by atoms with Gasteiger partial charge in [0.25, 0.3) is 0 Å². The molecule has 1 aliphatic rings. The third-order valence-corrected chi connectivity index (χ3v) is 4.23. The molecule has 1 fully saturated rings. The largest absolute Gasteiger partial charge is 0.497 e. The number of nitrogens with two attached hydrogens (primary N) is 1. The summed E-state index contributed by atoms with van der Waals surface area (Å²) in [6, 6.07) is 9.05. The second-order valence-electron chi connectivity index (χ2n) is 5.80. The van der Waals surface area contributed by atoms with Crippen molar-refractivity contribution in [1.29, 1.82) is 5.26 Å². The van der Waals surface area contributed by atoms with E-state index in [2.05, 4.69) is 11.4 Å². The molecule has 0 aliphatic heterocycles. The van der Waals surface area contributed by atoms with Gasteiger partial charge < -0.3 is 15.8 Å². The first-order chi connectivity index (χ1) is 10.6. The van der Waals surface area contributed by atoms with E-state index in [1.807, 2.05) is 24.3 Å². The van der Waals surface area contributed by atoms with E-state index >= 15 is 0 Å². The van der Waals surface area contributed by atoms with E-state index in [-0.39, 0.29) is 17.9 Å². The van der Waals surface area contributed by atoms with E-state index in [9.17, 15) is 10.1 Å². The number of carbonyl (C=O) groups is 1. The summed E-state index contributed by atoms with van der Waals surface area (Å²) < 4.78 is 5.11. The van der Waals surface area contributed by atoms with Gasteiger partial charge in [0.1, 0.15) is 11.8 Å². The number of benzene rings is 1. The molecule has 0 spiro atoms. The van der Waals surface area contributed by atoms with Crippen molar-refractivity contribution in [1.82, 2.24) is 5.32 Å². The van der Waals surface area contributed by atoms with Gasteiger partial charge in [-0.15, -0.1) is 0 Å². The number of nitrogens with one attached hydrogen (secondary N) is 1. The SMILES string of the molecule is COc1ccc(C[C@@H](C#N)NC(=O)[C@@H]2CCCC[C@@H]2N)cc1. The van der Waals surface area contributed by atoms with Crippen LogP contribution in [-0.4, -0.2) is 25.1 Å². The lowest BCUT2D eigenvalue weighted by Gasteiger charge is -2.28. The molecule has 1 aromatic rings. The fraction of sp³-hybridized carbons (Fsp3) is 0.529. The molecule has 3 atom stereocenters. The highest BCUT2D eigenvalue weighted by atomic mass is 16.5. The molecule has 5 heteroatoms. The minimum atomic E-state index is -0.532. The van der Waals surface area contributed by atoms with Crippen LogP contribution in [0.5, 0.6) is 5.75 Å². The van der Waals surface area contributed by atoms with Crippen LogP contribution in [0.15, 0.2) is 24.3 Å². The summed E-state index contributed by atoms with van der Waals surface area (Å²) >= 11 is 0. The Labute approximate surface area is 131 Å². The Balaban J connectivity index is 1.93. The summed E-state index contributed by atoms with van der Waals surface area (Å²) in [7, 11) is 1.61. The van der Waals surface area contributed by atoms with Gasteiger partial charge in [-0.05, 0) is 30.5 Å². The highest BCUT2D eigenvalue weighted by Gasteiger charge is 2.29. The molecule has 2 rings (SSSR count). The molecule has 0 aromatic heterocycles. The van der Waals surface area contributed by atoms with Crippen LogP contribution in [0.1, 0.15) is 31.2 Å². The number of nitrogens with zero attached hydrogens (tertiary/aromatic N) is 1. The number of hydrogen-bond donors (Lipinski definition) is 2. The Morgan fingerprint density at radius 1 is 1.41 bits per heavy atom. The van der Waals surface area contributed by atoms with Crippen molar-refractivity contribution < 1.29 is 9.53 Å².